The van der Waals surface area contributed by atoms with Gasteiger partial charge in [-0.1, -0.05) is 22.9 Å². The number of rotatable bonds is 3. The van der Waals surface area contributed by atoms with Gasteiger partial charge in [0.1, 0.15) is 0 Å². The number of nitrogens with zero attached hydrogens (tertiary/aromatic N) is 6. The monoisotopic (exact) mass is 318 g/mol. The molecular weight excluding hydrogens is 304 g/mol. The van der Waals surface area contributed by atoms with Crippen LogP contribution in [0.15, 0.2) is 53.2 Å². The highest BCUT2D eigenvalue weighted by Gasteiger charge is 2.18. The summed E-state index contributed by atoms with van der Waals surface area (Å²) in [5.74, 6) is 0.804. The van der Waals surface area contributed by atoms with Gasteiger partial charge in [0.15, 0.2) is 5.69 Å². The Morgan fingerprint density at radius 2 is 1.71 bits per heavy atom. The van der Waals surface area contributed by atoms with Crippen molar-refractivity contribution in [3.8, 4) is 28.7 Å². The van der Waals surface area contributed by atoms with E-state index in [-0.39, 0.29) is 0 Å². The molecule has 0 aliphatic rings. The second-order valence-electron chi connectivity index (χ2n) is 5.42. The van der Waals surface area contributed by atoms with E-state index in [9.17, 15) is 0 Å². The Hall–Kier alpha value is -3.35. The molecule has 0 bridgehead atoms. The Labute approximate surface area is 138 Å². The van der Waals surface area contributed by atoms with E-state index in [1.165, 1.54) is 5.56 Å². The highest BCUT2D eigenvalue weighted by atomic mass is 16.4. The molecule has 1 aromatic carbocycles. The van der Waals surface area contributed by atoms with Crippen molar-refractivity contribution in [2.24, 2.45) is 0 Å². The lowest BCUT2D eigenvalue weighted by Crippen LogP contribution is -1.99. The summed E-state index contributed by atoms with van der Waals surface area (Å²) in [6.07, 6.45) is 3.43. The molecule has 0 aliphatic heterocycles. The first kappa shape index (κ1) is 14.3. The average Bonchev–Trinajstić information content (AvgIpc) is 3.23. The van der Waals surface area contributed by atoms with Crippen LogP contribution in [0.5, 0.6) is 0 Å². The smallest absolute Gasteiger partial charge is 0.270 e. The zero-order valence-corrected chi connectivity index (χ0v) is 13.2. The average molecular weight is 318 g/mol. The maximum atomic E-state index is 5.77. The molecule has 0 unspecified atom stereocenters. The number of aromatic nitrogens is 6. The lowest BCUT2D eigenvalue weighted by atomic mass is 10.1. The molecule has 7 nitrogen and oxygen atoms in total. The van der Waals surface area contributed by atoms with E-state index in [2.05, 4.69) is 25.5 Å². The van der Waals surface area contributed by atoms with E-state index in [0.717, 1.165) is 16.9 Å². The number of hydrogen-bond acceptors (Lipinski definition) is 6. The third-order valence-electron chi connectivity index (χ3n) is 3.71. The highest BCUT2D eigenvalue weighted by Crippen LogP contribution is 2.25. The van der Waals surface area contributed by atoms with Crippen LogP contribution in [0.1, 0.15) is 11.3 Å². The zero-order chi connectivity index (χ0) is 16.5. The summed E-state index contributed by atoms with van der Waals surface area (Å²) in [6.45, 7) is 3.93. The van der Waals surface area contributed by atoms with Gasteiger partial charge < -0.3 is 4.42 Å². The fraction of sp³-hybridized carbons (Fsp3) is 0.118. The van der Waals surface area contributed by atoms with Gasteiger partial charge in [-0.15, -0.1) is 15.3 Å². The zero-order valence-electron chi connectivity index (χ0n) is 13.2. The van der Waals surface area contributed by atoms with Crippen molar-refractivity contribution in [3.05, 3.63) is 60.0 Å². The minimum atomic E-state index is 0.346. The van der Waals surface area contributed by atoms with Gasteiger partial charge >= 0.3 is 0 Å². The minimum Gasteiger partial charge on any atom is -0.414 e. The molecule has 24 heavy (non-hydrogen) atoms. The van der Waals surface area contributed by atoms with Crippen molar-refractivity contribution in [2.45, 2.75) is 13.8 Å². The third kappa shape index (κ3) is 2.45. The maximum Gasteiger partial charge on any atom is 0.270 e. The second-order valence-corrected chi connectivity index (χ2v) is 5.42. The van der Waals surface area contributed by atoms with Crippen LogP contribution in [0.4, 0.5) is 0 Å². The van der Waals surface area contributed by atoms with E-state index in [0.29, 0.717) is 17.5 Å². The number of benzene rings is 1. The summed E-state index contributed by atoms with van der Waals surface area (Å²) in [7, 11) is 0. The SMILES string of the molecule is Cc1ccc(-c2nnc(-c3nnn(-c4cccnc4)c3C)o2)cc1. The Balaban J connectivity index is 1.71. The number of aryl methyl sites for hydroxylation is 1. The minimum absolute atomic E-state index is 0.346. The molecule has 0 fully saturated rings. The van der Waals surface area contributed by atoms with Crippen LogP contribution >= 0.6 is 0 Å². The fourth-order valence-electron chi connectivity index (χ4n) is 2.38. The van der Waals surface area contributed by atoms with Crippen molar-refractivity contribution in [2.75, 3.05) is 0 Å². The van der Waals surface area contributed by atoms with E-state index in [1.807, 2.05) is 50.2 Å². The molecule has 0 atom stereocenters. The summed E-state index contributed by atoms with van der Waals surface area (Å²) < 4.78 is 7.46. The summed E-state index contributed by atoms with van der Waals surface area (Å²) in [5, 5.41) is 16.5. The molecular formula is C17H14N6O. The Morgan fingerprint density at radius 3 is 2.46 bits per heavy atom. The maximum absolute atomic E-state index is 5.77. The summed E-state index contributed by atoms with van der Waals surface area (Å²) in [6, 6.07) is 11.7. The van der Waals surface area contributed by atoms with E-state index < -0.39 is 0 Å². The first-order valence-electron chi connectivity index (χ1n) is 7.46. The second kappa shape index (κ2) is 5.69. The van der Waals surface area contributed by atoms with Crippen LogP contribution < -0.4 is 0 Å². The normalized spacial score (nSPS) is 10.9. The van der Waals surface area contributed by atoms with Gasteiger partial charge in [0.2, 0.25) is 5.89 Å². The standard InChI is InChI=1S/C17H14N6O/c1-11-5-7-13(8-6-11)16-20-21-17(24-16)15-12(2)23(22-19-15)14-4-3-9-18-10-14/h3-10H,1-2H3. The quantitative estimate of drug-likeness (QED) is 0.577. The van der Waals surface area contributed by atoms with Crippen LogP contribution in [-0.2, 0) is 0 Å². The molecule has 118 valence electrons. The molecule has 0 spiro atoms. The van der Waals surface area contributed by atoms with E-state index >= 15 is 0 Å². The van der Waals surface area contributed by atoms with Crippen LogP contribution in [0.25, 0.3) is 28.7 Å². The first-order valence-corrected chi connectivity index (χ1v) is 7.46. The Kier molecular flexibility index (Phi) is 3.38. The first-order chi connectivity index (χ1) is 11.7. The molecule has 3 aromatic heterocycles. The lowest BCUT2D eigenvalue weighted by molar-refractivity contribution is 0.581. The van der Waals surface area contributed by atoms with Gasteiger partial charge in [-0.05, 0) is 38.1 Å². The molecule has 7 heteroatoms. The number of hydrogen-bond donors (Lipinski definition) is 0. The van der Waals surface area contributed by atoms with Crippen LogP contribution in [0.3, 0.4) is 0 Å². The van der Waals surface area contributed by atoms with Gasteiger partial charge in [-0.3, -0.25) is 4.98 Å². The molecule has 0 saturated carbocycles. The van der Waals surface area contributed by atoms with Crippen LogP contribution in [-0.4, -0.2) is 30.2 Å². The van der Waals surface area contributed by atoms with Crippen molar-refractivity contribution < 1.29 is 4.42 Å². The van der Waals surface area contributed by atoms with Gasteiger partial charge in [-0.2, -0.15) is 0 Å². The van der Waals surface area contributed by atoms with Gasteiger partial charge in [0.25, 0.3) is 5.89 Å². The molecule has 3 heterocycles. The Morgan fingerprint density at radius 1 is 0.917 bits per heavy atom. The molecule has 4 aromatic rings. The van der Waals surface area contributed by atoms with Crippen LogP contribution in [0.2, 0.25) is 0 Å². The molecule has 0 amide bonds. The molecule has 0 radical (unpaired) electrons. The van der Waals surface area contributed by atoms with Gasteiger partial charge in [-0.25, -0.2) is 4.68 Å². The summed E-state index contributed by atoms with van der Waals surface area (Å²) in [4.78, 5) is 4.10. The van der Waals surface area contributed by atoms with Gasteiger partial charge in [0, 0.05) is 11.8 Å². The molecule has 0 saturated heterocycles. The van der Waals surface area contributed by atoms with Crippen molar-refractivity contribution in [1.82, 2.24) is 30.2 Å². The van der Waals surface area contributed by atoms with Crippen molar-refractivity contribution in [1.29, 1.82) is 0 Å². The predicted molar refractivity (Wildman–Crippen MR) is 87.4 cm³/mol. The largest absolute Gasteiger partial charge is 0.414 e. The highest BCUT2D eigenvalue weighted by molar-refractivity contribution is 5.57. The van der Waals surface area contributed by atoms with Gasteiger partial charge in [0.05, 0.1) is 17.6 Å². The molecule has 0 N–H and O–H groups in total. The summed E-state index contributed by atoms with van der Waals surface area (Å²) in [5.41, 5.74) is 4.24. The predicted octanol–water partition coefficient (Wildman–Crippen LogP) is 3.00. The van der Waals surface area contributed by atoms with Crippen molar-refractivity contribution in [3.63, 3.8) is 0 Å². The lowest BCUT2D eigenvalue weighted by Gasteiger charge is -2.01. The topological polar surface area (TPSA) is 82.5 Å². The summed E-state index contributed by atoms with van der Waals surface area (Å²) >= 11 is 0. The van der Waals surface area contributed by atoms with Crippen LogP contribution in [0, 0.1) is 13.8 Å². The third-order valence-corrected chi connectivity index (χ3v) is 3.71. The van der Waals surface area contributed by atoms with Crippen molar-refractivity contribution >= 4 is 0 Å². The Bertz CT molecular complexity index is 972. The fourth-order valence-corrected chi connectivity index (χ4v) is 2.38. The number of pyridine rings is 1. The molecule has 0 aliphatic carbocycles. The van der Waals surface area contributed by atoms with E-state index in [1.54, 1.807) is 17.1 Å². The van der Waals surface area contributed by atoms with E-state index in [4.69, 9.17) is 4.42 Å². The molecule has 4 rings (SSSR count).